The van der Waals surface area contributed by atoms with Crippen molar-refractivity contribution in [2.24, 2.45) is 0 Å². The quantitative estimate of drug-likeness (QED) is 0.500. The van der Waals surface area contributed by atoms with Gasteiger partial charge in [-0.25, -0.2) is 9.67 Å². The molecule has 0 aliphatic heterocycles. The van der Waals surface area contributed by atoms with E-state index in [1.165, 1.54) is 16.8 Å². The predicted octanol–water partition coefficient (Wildman–Crippen LogP) is 3.69. The topological polar surface area (TPSA) is 69.8 Å². The minimum atomic E-state index is 0.290. The molecule has 1 aromatic carbocycles. The third kappa shape index (κ3) is 4.09. The van der Waals surface area contributed by atoms with Gasteiger partial charge in [-0.15, -0.1) is 0 Å². The minimum Gasteiger partial charge on any atom is -0.496 e. The second-order valence-electron chi connectivity index (χ2n) is 7.82. The van der Waals surface area contributed by atoms with Crippen LogP contribution in [0, 0.1) is 0 Å². The van der Waals surface area contributed by atoms with Crippen molar-refractivity contribution in [1.29, 1.82) is 0 Å². The molecule has 0 saturated carbocycles. The second-order valence-corrected chi connectivity index (χ2v) is 7.82. The lowest BCUT2D eigenvalue weighted by Gasteiger charge is -2.24. The maximum absolute atomic E-state index is 5.56. The van der Waals surface area contributed by atoms with Gasteiger partial charge in [-0.2, -0.15) is 10.2 Å². The van der Waals surface area contributed by atoms with E-state index in [0.29, 0.717) is 6.54 Å². The van der Waals surface area contributed by atoms with Crippen LogP contribution in [0.5, 0.6) is 5.75 Å². The van der Waals surface area contributed by atoms with E-state index >= 15 is 0 Å². The minimum absolute atomic E-state index is 0.290. The lowest BCUT2D eigenvalue weighted by Crippen LogP contribution is -2.25. The first-order valence-corrected chi connectivity index (χ1v) is 10.7. The molecule has 7 heteroatoms. The summed E-state index contributed by atoms with van der Waals surface area (Å²) >= 11 is 0. The lowest BCUT2D eigenvalue weighted by atomic mass is 9.92. The Morgan fingerprint density at radius 3 is 2.90 bits per heavy atom. The number of ether oxygens (including phenoxy) is 1. The van der Waals surface area contributed by atoms with Crippen molar-refractivity contribution in [3.8, 4) is 11.6 Å². The fourth-order valence-corrected chi connectivity index (χ4v) is 4.32. The molecule has 0 bridgehead atoms. The summed E-state index contributed by atoms with van der Waals surface area (Å²) in [5.74, 6) is 1.76. The number of fused-ring (bicyclic) bond motifs is 1. The average molecular weight is 415 g/mol. The number of nitrogens with one attached hydrogen (secondary N) is 1. The first-order chi connectivity index (χ1) is 15.3. The Hall–Kier alpha value is -3.45. The summed E-state index contributed by atoms with van der Waals surface area (Å²) in [6, 6.07) is 14.5. The maximum Gasteiger partial charge on any atom is 0.153 e. The number of nitrogens with zero attached hydrogens (tertiary/aromatic N) is 5. The van der Waals surface area contributed by atoms with Crippen LogP contribution in [0.25, 0.3) is 5.82 Å². The van der Waals surface area contributed by atoms with Crippen molar-refractivity contribution in [2.45, 2.75) is 38.4 Å². The molecule has 0 spiro atoms. The third-order valence-corrected chi connectivity index (χ3v) is 5.84. The number of rotatable bonds is 7. The van der Waals surface area contributed by atoms with E-state index in [1.54, 1.807) is 13.3 Å². The monoisotopic (exact) mass is 414 g/mol. The van der Waals surface area contributed by atoms with Gasteiger partial charge in [-0.05, 0) is 55.2 Å². The van der Waals surface area contributed by atoms with Gasteiger partial charge in [0.2, 0.25) is 0 Å². The average Bonchev–Trinajstić information content (AvgIpc) is 3.48. The van der Waals surface area contributed by atoms with Crippen LogP contribution >= 0.6 is 0 Å². The summed E-state index contributed by atoms with van der Waals surface area (Å²) in [5.41, 5.74) is 4.89. The molecule has 4 aromatic rings. The first-order valence-electron chi connectivity index (χ1n) is 10.7. The van der Waals surface area contributed by atoms with Gasteiger partial charge in [0.1, 0.15) is 5.75 Å². The highest BCUT2D eigenvalue weighted by Crippen LogP contribution is 2.31. The van der Waals surface area contributed by atoms with E-state index in [1.807, 2.05) is 58.3 Å². The van der Waals surface area contributed by atoms with Crippen LogP contribution < -0.4 is 10.1 Å². The molecule has 3 heterocycles. The summed E-state index contributed by atoms with van der Waals surface area (Å²) < 4.78 is 9.45. The molecule has 1 atom stereocenters. The smallest absolute Gasteiger partial charge is 0.153 e. The van der Waals surface area contributed by atoms with E-state index in [0.717, 1.165) is 42.9 Å². The molecule has 31 heavy (non-hydrogen) atoms. The molecular weight excluding hydrogens is 388 g/mol. The van der Waals surface area contributed by atoms with Crippen LogP contribution in [0.4, 0.5) is 0 Å². The number of benzene rings is 1. The summed E-state index contributed by atoms with van der Waals surface area (Å²) in [5, 5.41) is 12.7. The molecular formula is C24H26N6O. The van der Waals surface area contributed by atoms with Gasteiger partial charge in [0, 0.05) is 42.3 Å². The third-order valence-electron chi connectivity index (χ3n) is 5.84. The Bertz CT molecular complexity index is 1140. The molecule has 7 nitrogen and oxygen atoms in total. The van der Waals surface area contributed by atoms with Crippen LogP contribution in [0.3, 0.4) is 0 Å². The highest BCUT2D eigenvalue weighted by Gasteiger charge is 2.24. The highest BCUT2D eigenvalue weighted by atomic mass is 16.5. The van der Waals surface area contributed by atoms with Gasteiger partial charge in [-0.3, -0.25) is 4.68 Å². The van der Waals surface area contributed by atoms with Crippen molar-refractivity contribution < 1.29 is 4.74 Å². The Morgan fingerprint density at radius 1 is 1.13 bits per heavy atom. The Kier molecular flexibility index (Phi) is 5.50. The van der Waals surface area contributed by atoms with Crippen LogP contribution in [0.1, 0.15) is 41.3 Å². The number of pyridine rings is 1. The maximum atomic E-state index is 5.56. The Balaban J connectivity index is 1.33. The zero-order chi connectivity index (χ0) is 21.0. The molecule has 0 fully saturated rings. The van der Waals surface area contributed by atoms with E-state index in [2.05, 4.69) is 32.6 Å². The van der Waals surface area contributed by atoms with Gasteiger partial charge in [0.15, 0.2) is 5.82 Å². The van der Waals surface area contributed by atoms with Crippen molar-refractivity contribution in [1.82, 2.24) is 29.9 Å². The summed E-state index contributed by atoms with van der Waals surface area (Å²) in [4.78, 5) is 4.47. The van der Waals surface area contributed by atoms with Crippen LogP contribution in [0.2, 0.25) is 0 Å². The molecule has 158 valence electrons. The predicted molar refractivity (Wildman–Crippen MR) is 118 cm³/mol. The van der Waals surface area contributed by atoms with Crippen molar-refractivity contribution in [3.63, 3.8) is 0 Å². The Labute approximate surface area is 181 Å². The molecule has 5 rings (SSSR count). The van der Waals surface area contributed by atoms with Gasteiger partial charge in [0.05, 0.1) is 25.5 Å². The molecule has 1 aliphatic rings. The zero-order valence-electron chi connectivity index (χ0n) is 17.6. The largest absolute Gasteiger partial charge is 0.496 e. The first kappa shape index (κ1) is 19.5. The molecule has 1 N–H and O–H groups in total. The summed E-state index contributed by atoms with van der Waals surface area (Å²) in [7, 11) is 1.71. The highest BCUT2D eigenvalue weighted by molar-refractivity contribution is 5.38. The summed E-state index contributed by atoms with van der Waals surface area (Å²) in [6.07, 6.45) is 10.8. The van der Waals surface area contributed by atoms with Gasteiger partial charge in [-0.1, -0.05) is 12.1 Å². The van der Waals surface area contributed by atoms with Gasteiger partial charge in [0.25, 0.3) is 0 Å². The SMILES string of the molecule is COc1ccc(CN[C@@H]2CCCc3c2cnn3-c2ccccn2)cc1Cn1cccn1. The van der Waals surface area contributed by atoms with Crippen molar-refractivity contribution in [3.05, 3.63) is 89.6 Å². The molecule has 0 saturated heterocycles. The van der Waals surface area contributed by atoms with Crippen LogP contribution in [0.15, 0.2) is 67.3 Å². The van der Waals surface area contributed by atoms with Crippen LogP contribution in [-0.2, 0) is 19.5 Å². The summed E-state index contributed by atoms with van der Waals surface area (Å²) in [6.45, 7) is 1.48. The van der Waals surface area contributed by atoms with E-state index < -0.39 is 0 Å². The Morgan fingerprint density at radius 2 is 2.10 bits per heavy atom. The number of hydrogen-bond acceptors (Lipinski definition) is 5. The lowest BCUT2D eigenvalue weighted by molar-refractivity contribution is 0.406. The molecule has 0 radical (unpaired) electrons. The van der Waals surface area contributed by atoms with Crippen molar-refractivity contribution in [2.75, 3.05) is 7.11 Å². The molecule has 1 aliphatic carbocycles. The normalized spacial score (nSPS) is 15.6. The van der Waals surface area contributed by atoms with E-state index in [-0.39, 0.29) is 6.04 Å². The number of hydrogen-bond donors (Lipinski definition) is 1. The molecule has 0 amide bonds. The number of aromatic nitrogens is 5. The zero-order valence-corrected chi connectivity index (χ0v) is 17.6. The van der Waals surface area contributed by atoms with E-state index in [4.69, 9.17) is 4.74 Å². The fourth-order valence-electron chi connectivity index (χ4n) is 4.32. The molecule has 3 aromatic heterocycles. The van der Waals surface area contributed by atoms with Gasteiger partial charge >= 0.3 is 0 Å². The van der Waals surface area contributed by atoms with Gasteiger partial charge < -0.3 is 10.1 Å². The number of methoxy groups -OCH3 is 1. The van der Waals surface area contributed by atoms with Crippen LogP contribution in [-0.4, -0.2) is 31.7 Å². The van der Waals surface area contributed by atoms with E-state index in [9.17, 15) is 0 Å². The second kappa shape index (κ2) is 8.73. The molecule has 0 unspecified atom stereocenters. The fraction of sp³-hybridized carbons (Fsp3) is 0.292. The standard InChI is InChI=1S/C24H26N6O/c1-31-23-10-9-18(14-19(23)17-29-13-5-12-27-29)15-26-21-6-4-7-22-20(21)16-28-30(22)24-8-2-3-11-25-24/h2-3,5,8-14,16,21,26H,4,6-7,15,17H2,1H3/t21-/m1/s1. The van der Waals surface area contributed by atoms with Crippen molar-refractivity contribution >= 4 is 0 Å².